The number of rotatable bonds is 3. The third kappa shape index (κ3) is 2.59. The Balaban J connectivity index is 2.15. The summed E-state index contributed by atoms with van der Waals surface area (Å²) < 4.78 is 0. The van der Waals surface area contributed by atoms with Gasteiger partial charge in [-0.1, -0.05) is 29.8 Å². The van der Waals surface area contributed by atoms with Crippen LogP contribution in [0.25, 0.3) is 5.69 Å². The molecule has 0 unspecified atom stereocenters. The molecule has 1 fully saturated rings. The molecule has 3 rings (SSSR count). The molecule has 0 atom stereocenters. The maximum Gasteiger partial charge on any atom is 0.438 e. The summed E-state index contributed by atoms with van der Waals surface area (Å²) in [7, 11) is 0. The van der Waals surface area contributed by atoms with Gasteiger partial charge in [-0.05, 0) is 47.2 Å². The van der Waals surface area contributed by atoms with Crippen LogP contribution in [0.5, 0.6) is 0 Å². The van der Waals surface area contributed by atoms with Gasteiger partial charge in [0.15, 0.2) is 0 Å². The summed E-state index contributed by atoms with van der Waals surface area (Å²) in [6.45, 7) is 1.90. The number of benzene rings is 1. The van der Waals surface area contributed by atoms with E-state index in [9.17, 15) is 15.3 Å². The van der Waals surface area contributed by atoms with Gasteiger partial charge in [-0.25, -0.2) is 0 Å². The van der Waals surface area contributed by atoms with Gasteiger partial charge >= 0.3 is 5.82 Å². The van der Waals surface area contributed by atoms with Gasteiger partial charge < -0.3 is 15.3 Å². The summed E-state index contributed by atoms with van der Waals surface area (Å²) in [5.41, 5.74) is 1.40. The Hall–Kier alpha value is -2.64. The molecule has 8 heteroatoms. The molecule has 0 saturated heterocycles. The molecule has 0 spiro atoms. The molecular weight excluding hydrogens is 286 g/mol. The van der Waals surface area contributed by atoms with Crippen molar-refractivity contribution in [2.45, 2.75) is 38.6 Å². The van der Waals surface area contributed by atoms with Gasteiger partial charge in [0, 0.05) is 0 Å². The maximum absolute atomic E-state index is 11.2. The van der Waals surface area contributed by atoms with Gasteiger partial charge in [-0.3, -0.25) is 4.99 Å². The zero-order valence-corrected chi connectivity index (χ0v) is 12.2. The molecule has 1 aliphatic carbocycles. The van der Waals surface area contributed by atoms with Crippen molar-refractivity contribution >= 4 is 5.82 Å². The first-order chi connectivity index (χ1) is 10.6. The van der Waals surface area contributed by atoms with E-state index >= 15 is 0 Å². The fraction of sp³-hybridized carbons (Fsp3) is 0.429. The summed E-state index contributed by atoms with van der Waals surface area (Å²) in [6, 6.07) is 7.20. The predicted octanol–water partition coefficient (Wildman–Crippen LogP) is 1.97. The van der Waals surface area contributed by atoms with Crippen molar-refractivity contribution in [2.24, 2.45) is 4.99 Å². The molecule has 1 aromatic carbocycles. The van der Waals surface area contributed by atoms with Crippen molar-refractivity contribution in [1.82, 2.24) is 14.7 Å². The summed E-state index contributed by atoms with van der Waals surface area (Å²) in [5, 5.41) is 25.4. The monoisotopic (exact) mass is 303 g/mol. The minimum absolute atomic E-state index is 0.00672. The lowest BCUT2D eigenvalue weighted by Gasteiger charge is -2.02. The van der Waals surface area contributed by atoms with E-state index in [1.54, 1.807) is 18.2 Å². The molecule has 22 heavy (non-hydrogen) atoms. The number of hydrogen-bond acceptors (Lipinski definition) is 5. The van der Waals surface area contributed by atoms with Crippen LogP contribution in [0.15, 0.2) is 29.3 Å². The van der Waals surface area contributed by atoms with Crippen molar-refractivity contribution in [3.63, 3.8) is 0 Å². The summed E-state index contributed by atoms with van der Waals surface area (Å²) in [6.07, 6.45) is 3.87. The Labute approximate surface area is 126 Å². The smallest absolute Gasteiger partial charge is 0.409 e. The highest BCUT2D eigenvalue weighted by Crippen LogP contribution is 2.20. The molecule has 2 aromatic rings. The molecule has 0 aliphatic heterocycles. The van der Waals surface area contributed by atoms with Crippen LogP contribution in [-0.4, -0.2) is 30.9 Å². The average molecular weight is 303 g/mol. The van der Waals surface area contributed by atoms with Crippen molar-refractivity contribution < 1.29 is 10.1 Å². The van der Waals surface area contributed by atoms with E-state index in [-0.39, 0.29) is 11.5 Å². The Kier molecular flexibility index (Phi) is 3.66. The normalized spacial score (nSPS) is 16.3. The van der Waals surface area contributed by atoms with Crippen LogP contribution in [0, 0.1) is 17.0 Å². The Morgan fingerprint density at radius 3 is 2.77 bits per heavy atom. The second kappa shape index (κ2) is 5.63. The second-order valence-corrected chi connectivity index (χ2v) is 5.49. The molecule has 1 aromatic heterocycles. The molecule has 1 heterocycles. The van der Waals surface area contributed by atoms with Crippen molar-refractivity contribution in [2.75, 3.05) is 0 Å². The summed E-state index contributed by atoms with van der Waals surface area (Å²) in [4.78, 5) is 16.7. The average Bonchev–Trinajstić information content (AvgIpc) is 3.09. The zero-order chi connectivity index (χ0) is 15.7. The van der Waals surface area contributed by atoms with Gasteiger partial charge in [-0.2, -0.15) is 0 Å². The van der Waals surface area contributed by atoms with Crippen molar-refractivity contribution in [3.05, 3.63) is 45.4 Å². The lowest BCUT2D eigenvalue weighted by molar-refractivity contribution is -0.391. The Morgan fingerprint density at radius 2 is 2.14 bits per heavy atom. The third-order valence-corrected chi connectivity index (χ3v) is 3.79. The molecule has 1 saturated carbocycles. The first-order valence-corrected chi connectivity index (χ1v) is 7.23. The molecule has 0 amide bonds. The van der Waals surface area contributed by atoms with Crippen LogP contribution >= 0.6 is 0 Å². The number of aryl methyl sites for hydroxylation is 1. The van der Waals surface area contributed by atoms with Gasteiger partial charge in [-0.15, -0.1) is 0 Å². The van der Waals surface area contributed by atoms with Gasteiger partial charge in [0.2, 0.25) is 0 Å². The van der Waals surface area contributed by atoms with Crippen molar-refractivity contribution in [3.8, 4) is 5.69 Å². The summed E-state index contributed by atoms with van der Waals surface area (Å²) >= 11 is 0. The Morgan fingerprint density at radius 1 is 1.41 bits per heavy atom. The lowest BCUT2D eigenvalue weighted by Crippen LogP contribution is -2.24. The van der Waals surface area contributed by atoms with Crippen molar-refractivity contribution in [1.29, 1.82) is 0 Å². The molecule has 1 aliphatic rings. The SMILES string of the molecule is Cc1cccc(-n2nc([N+](=O)[O-])c(=NC3CCCC3)n2O)c1. The second-order valence-electron chi connectivity index (χ2n) is 5.49. The quantitative estimate of drug-likeness (QED) is 0.532. The standard InChI is InChI=1S/C14H17N5O3/c1-10-5-4-8-12(9-10)17-16-14(19(21)22)13(18(17)20)15-11-6-2-3-7-11/h4-5,8-9,11,20H,2-3,6-7H2,1H3. The van der Waals surface area contributed by atoms with Crippen LogP contribution in [-0.2, 0) is 0 Å². The fourth-order valence-corrected chi connectivity index (χ4v) is 2.71. The molecular formula is C14H17N5O3. The highest BCUT2D eigenvalue weighted by molar-refractivity contribution is 5.34. The van der Waals surface area contributed by atoms with E-state index in [0.29, 0.717) is 10.5 Å². The van der Waals surface area contributed by atoms with E-state index < -0.39 is 10.7 Å². The number of nitro groups is 1. The van der Waals surface area contributed by atoms with Crippen LogP contribution in [0.4, 0.5) is 5.82 Å². The number of hydrogen-bond donors (Lipinski definition) is 1. The molecule has 8 nitrogen and oxygen atoms in total. The molecule has 116 valence electrons. The van der Waals surface area contributed by atoms with E-state index in [0.717, 1.165) is 36.0 Å². The van der Waals surface area contributed by atoms with E-state index in [1.165, 1.54) is 0 Å². The third-order valence-electron chi connectivity index (χ3n) is 3.79. The fourth-order valence-electron chi connectivity index (χ4n) is 2.71. The van der Waals surface area contributed by atoms with Gasteiger partial charge in [0.05, 0.1) is 11.1 Å². The highest BCUT2D eigenvalue weighted by atomic mass is 16.6. The predicted molar refractivity (Wildman–Crippen MR) is 77.9 cm³/mol. The minimum atomic E-state index is -0.618. The highest BCUT2D eigenvalue weighted by Gasteiger charge is 2.25. The summed E-state index contributed by atoms with van der Waals surface area (Å²) in [5.74, 6) is -0.434. The van der Waals surface area contributed by atoms with Crippen LogP contribution in [0.3, 0.4) is 0 Å². The minimum Gasteiger partial charge on any atom is -0.409 e. The number of nitrogens with zero attached hydrogens (tertiary/aromatic N) is 5. The first kappa shape index (κ1) is 14.3. The van der Waals surface area contributed by atoms with E-state index in [1.807, 2.05) is 13.0 Å². The largest absolute Gasteiger partial charge is 0.438 e. The first-order valence-electron chi connectivity index (χ1n) is 7.23. The number of aromatic nitrogens is 3. The molecule has 0 bridgehead atoms. The van der Waals surface area contributed by atoms with Gasteiger partial charge in [0.1, 0.15) is 5.69 Å². The molecule has 0 radical (unpaired) electrons. The van der Waals surface area contributed by atoms with Crippen LogP contribution in [0.2, 0.25) is 0 Å². The van der Waals surface area contributed by atoms with Gasteiger partial charge in [0.25, 0.3) is 5.49 Å². The lowest BCUT2D eigenvalue weighted by atomic mass is 10.2. The maximum atomic E-state index is 11.2. The topological polar surface area (TPSA) is 98.5 Å². The van der Waals surface area contributed by atoms with E-state index in [2.05, 4.69) is 10.1 Å². The molecule has 1 N–H and O–H groups in total. The van der Waals surface area contributed by atoms with E-state index in [4.69, 9.17) is 0 Å². The van der Waals surface area contributed by atoms with Crippen LogP contribution in [0.1, 0.15) is 31.2 Å². The van der Waals surface area contributed by atoms with Crippen LogP contribution < -0.4 is 5.49 Å². The zero-order valence-electron chi connectivity index (χ0n) is 12.2. The Bertz CT molecular complexity index is 771.